The van der Waals surface area contributed by atoms with Crippen molar-refractivity contribution in [3.05, 3.63) is 29.3 Å². The number of aliphatic hydroxyl groups excluding tert-OH is 1. The third-order valence-electron chi connectivity index (χ3n) is 3.05. The van der Waals surface area contributed by atoms with Gasteiger partial charge in [0.15, 0.2) is 0 Å². The lowest BCUT2D eigenvalue weighted by molar-refractivity contribution is -0.127. The van der Waals surface area contributed by atoms with Crippen LogP contribution in [0.5, 0.6) is 0 Å². The maximum Gasteiger partial charge on any atom is 0.236 e. The summed E-state index contributed by atoms with van der Waals surface area (Å²) < 4.78 is 0. The molecule has 0 bridgehead atoms. The lowest BCUT2D eigenvalue weighted by Crippen LogP contribution is -2.40. The Kier molecular flexibility index (Phi) is 3.74. The van der Waals surface area contributed by atoms with Crippen LogP contribution in [0.2, 0.25) is 0 Å². The first-order chi connectivity index (χ1) is 8.67. The van der Waals surface area contributed by atoms with E-state index in [0.717, 1.165) is 11.1 Å². The first-order valence-electron chi connectivity index (χ1n) is 5.96. The molecule has 5 heteroatoms. The van der Waals surface area contributed by atoms with Crippen LogP contribution in [-0.2, 0) is 22.6 Å². The maximum atomic E-state index is 11.8. The molecule has 3 N–H and O–H groups in total. The average molecular weight is 248 g/mol. The fraction of sp³-hybridized carbons (Fsp3) is 0.385. The Balaban J connectivity index is 2.38. The lowest BCUT2D eigenvalue weighted by atomic mass is 9.98. The zero-order chi connectivity index (χ0) is 13.1. The molecule has 18 heavy (non-hydrogen) atoms. The van der Waals surface area contributed by atoms with Gasteiger partial charge in [0.1, 0.15) is 0 Å². The second kappa shape index (κ2) is 5.29. The number of nitrogens with zero attached hydrogens (tertiary/aromatic N) is 1. The van der Waals surface area contributed by atoms with E-state index in [1.807, 2.05) is 12.1 Å². The number of benzene rings is 1. The summed E-state index contributed by atoms with van der Waals surface area (Å²) in [5.41, 5.74) is 8.14. The number of aliphatic hydroxyl groups is 1. The molecule has 1 aromatic carbocycles. The second-order valence-corrected chi connectivity index (χ2v) is 4.26. The van der Waals surface area contributed by atoms with Crippen molar-refractivity contribution in [2.24, 2.45) is 5.73 Å². The van der Waals surface area contributed by atoms with Crippen molar-refractivity contribution in [1.29, 1.82) is 0 Å². The van der Waals surface area contributed by atoms with Crippen molar-refractivity contribution in [2.75, 3.05) is 11.5 Å². The van der Waals surface area contributed by atoms with Gasteiger partial charge in [-0.1, -0.05) is 12.1 Å². The normalized spacial score (nSPS) is 14.6. The van der Waals surface area contributed by atoms with E-state index in [1.165, 1.54) is 4.90 Å². The first-order valence-corrected chi connectivity index (χ1v) is 5.96. The number of hydrogen-bond acceptors (Lipinski definition) is 4. The number of imide groups is 1. The van der Waals surface area contributed by atoms with Gasteiger partial charge in [-0.3, -0.25) is 14.5 Å². The van der Waals surface area contributed by atoms with E-state index in [1.54, 1.807) is 6.07 Å². The van der Waals surface area contributed by atoms with Crippen LogP contribution in [0.3, 0.4) is 0 Å². The van der Waals surface area contributed by atoms with Gasteiger partial charge in [0.2, 0.25) is 11.8 Å². The van der Waals surface area contributed by atoms with Crippen molar-refractivity contribution < 1.29 is 14.7 Å². The highest BCUT2D eigenvalue weighted by Crippen LogP contribution is 2.29. The second-order valence-electron chi connectivity index (χ2n) is 4.26. The van der Waals surface area contributed by atoms with Crippen LogP contribution in [0.25, 0.3) is 0 Å². The van der Waals surface area contributed by atoms with Crippen molar-refractivity contribution in [2.45, 2.75) is 25.8 Å². The van der Waals surface area contributed by atoms with Crippen molar-refractivity contribution in [1.82, 2.24) is 0 Å². The minimum Gasteiger partial charge on any atom is -0.396 e. The summed E-state index contributed by atoms with van der Waals surface area (Å²) >= 11 is 0. The fourth-order valence-electron chi connectivity index (χ4n) is 2.15. The van der Waals surface area contributed by atoms with Gasteiger partial charge in [-0.2, -0.15) is 0 Å². The van der Waals surface area contributed by atoms with Crippen LogP contribution in [0, 0.1) is 0 Å². The Morgan fingerprint density at radius 3 is 2.83 bits per heavy atom. The number of fused-ring (bicyclic) bond motifs is 1. The summed E-state index contributed by atoms with van der Waals surface area (Å²) in [5, 5.41) is 8.81. The van der Waals surface area contributed by atoms with Gasteiger partial charge in [-0.25, -0.2) is 0 Å². The van der Waals surface area contributed by atoms with Crippen molar-refractivity contribution >= 4 is 17.5 Å². The molecule has 0 spiro atoms. The topological polar surface area (TPSA) is 83.6 Å². The molecule has 1 aliphatic rings. The number of carbonyl (C=O) groups excluding carboxylic acids is 2. The predicted molar refractivity (Wildman–Crippen MR) is 66.9 cm³/mol. The Bertz CT molecular complexity index is 485. The minimum absolute atomic E-state index is 0.0379. The third-order valence-corrected chi connectivity index (χ3v) is 3.05. The molecular weight excluding hydrogens is 232 g/mol. The standard InChI is InChI=1S/C13H16N2O3/c14-8-9-1-3-11-10(7-9)2-4-12(17)15(11)13(18)5-6-16/h1,3,7,16H,2,4-6,8,14H2. The SMILES string of the molecule is NCc1ccc2c(c1)CCC(=O)N2C(=O)CCO. The average Bonchev–Trinajstić information content (AvgIpc) is 2.38. The molecule has 0 unspecified atom stereocenters. The van der Waals surface area contributed by atoms with Crippen LogP contribution in [0.4, 0.5) is 5.69 Å². The molecule has 2 rings (SSSR count). The minimum atomic E-state index is -0.357. The molecule has 0 fully saturated rings. The molecule has 96 valence electrons. The van der Waals surface area contributed by atoms with Crippen molar-refractivity contribution in [3.8, 4) is 0 Å². The quantitative estimate of drug-likeness (QED) is 0.807. The molecule has 2 amide bonds. The first kappa shape index (κ1) is 12.7. The Morgan fingerprint density at radius 1 is 1.39 bits per heavy atom. The molecule has 0 aliphatic carbocycles. The highest BCUT2D eigenvalue weighted by Gasteiger charge is 2.28. The molecule has 0 radical (unpaired) electrons. The number of amides is 2. The van der Waals surface area contributed by atoms with Crippen LogP contribution in [-0.4, -0.2) is 23.5 Å². The van der Waals surface area contributed by atoms with Gasteiger partial charge >= 0.3 is 0 Å². The van der Waals surface area contributed by atoms with Gasteiger partial charge in [-0.15, -0.1) is 0 Å². The number of anilines is 1. The van der Waals surface area contributed by atoms with Crippen LogP contribution >= 0.6 is 0 Å². The zero-order valence-electron chi connectivity index (χ0n) is 10.1. The monoisotopic (exact) mass is 248 g/mol. The van der Waals surface area contributed by atoms with Gasteiger partial charge < -0.3 is 10.8 Å². The fourth-order valence-corrected chi connectivity index (χ4v) is 2.15. The molecule has 0 atom stereocenters. The number of rotatable bonds is 3. The summed E-state index contributed by atoms with van der Waals surface area (Å²) in [6.45, 7) is 0.185. The largest absolute Gasteiger partial charge is 0.396 e. The highest BCUT2D eigenvalue weighted by atomic mass is 16.3. The summed E-state index contributed by atoms with van der Waals surface area (Å²) in [7, 11) is 0. The summed E-state index contributed by atoms with van der Waals surface area (Å²) in [6.07, 6.45) is 0.910. The molecule has 1 aliphatic heterocycles. The highest BCUT2D eigenvalue weighted by molar-refractivity contribution is 6.16. The summed E-state index contributed by atoms with van der Waals surface area (Å²) in [4.78, 5) is 24.8. The number of nitrogens with two attached hydrogens (primary N) is 1. The Morgan fingerprint density at radius 2 is 2.17 bits per heavy atom. The van der Waals surface area contributed by atoms with E-state index in [4.69, 9.17) is 10.8 Å². The number of carbonyl (C=O) groups is 2. The van der Waals surface area contributed by atoms with Gasteiger partial charge in [-0.05, 0) is 23.6 Å². The number of hydrogen-bond donors (Lipinski definition) is 2. The van der Waals surface area contributed by atoms with E-state index < -0.39 is 0 Å². The molecule has 1 heterocycles. The van der Waals surface area contributed by atoms with E-state index in [0.29, 0.717) is 25.1 Å². The molecule has 0 saturated heterocycles. The Labute approximate surface area is 105 Å². The molecular formula is C13H16N2O3. The Hall–Kier alpha value is -1.72. The van der Waals surface area contributed by atoms with E-state index in [-0.39, 0.29) is 24.8 Å². The third kappa shape index (κ3) is 2.27. The summed E-state index contributed by atoms with van der Waals surface area (Å²) in [5.74, 6) is -0.564. The molecule has 1 aromatic rings. The molecule has 0 saturated carbocycles. The van der Waals surface area contributed by atoms with Crippen molar-refractivity contribution in [3.63, 3.8) is 0 Å². The van der Waals surface area contributed by atoms with E-state index >= 15 is 0 Å². The summed E-state index contributed by atoms with van der Waals surface area (Å²) in [6, 6.07) is 5.50. The van der Waals surface area contributed by atoms with E-state index in [2.05, 4.69) is 0 Å². The lowest BCUT2D eigenvalue weighted by Gasteiger charge is -2.28. The molecule has 5 nitrogen and oxygen atoms in total. The van der Waals surface area contributed by atoms with Crippen LogP contribution in [0.15, 0.2) is 18.2 Å². The maximum absolute atomic E-state index is 11.8. The molecule has 0 aromatic heterocycles. The van der Waals surface area contributed by atoms with E-state index in [9.17, 15) is 9.59 Å². The van der Waals surface area contributed by atoms with Gasteiger partial charge in [0, 0.05) is 13.0 Å². The predicted octanol–water partition coefficient (Wildman–Crippen LogP) is 0.334. The number of aryl methyl sites for hydroxylation is 1. The zero-order valence-corrected chi connectivity index (χ0v) is 10.1. The van der Waals surface area contributed by atoms with Crippen LogP contribution in [0.1, 0.15) is 24.0 Å². The van der Waals surface area contributed by atoms with Gasteiger partial charge in [0.25, 0.3) is 0 Å². The smallest absolute Gasteiger partial charge is 0.236 e. The van der Waals surface area contributed by atoms with Gasteiger partial charge in [0.05, 0.1) is 18.7 Å². The van der Waals surface area contributed by atoms with Crippen LogP contribution < -0.4 is 10.6 Å².